The molecule has 12 aliphatic rings. The molecule has 0 N–H and O–H groups in total. The Labute approximate surface area is 522 Å². The average molecular weight is 1560 g/mol. The molecule has 0 aliphatic heterocycles. The van der Waals surface area contributed by atoms with Gasteiger partial charge < -0.3 is 0 Å². The molecule has 0 saturated heterocycles. The zero-order chi connectivity index (χ0) is 54.7. The third-order valence-corrected chi connectivity index (χ3v) is 115. The molecule has 0 atom stereocenters. The van der Waals surface area contributed by atoms with Crippen molar-refractivity contribution in [1.82, 2.24) is 0 Å². The molecule has 12 saturated carbocycles. The standard InChI is InChI=1S/12C6H11.O4Si.4Sn/c12*1-2-4-6-5-3-1;1-5(2,3)4;;;;/h12*1H,2-6H2;;;;;/q;;;;;;;;;;;;-4;4*+1. The number of hydrogen-bond acceptors (Lipinski definition) is 4. The second-order valence-electron chi connectivity index (χ2n) is 32.3. The summed E-state index contributed by atoms with van der Waals surface area (Å²) in [5.74, 6) is 0. The summed E-state index contributed by atoms with van der Waals surface area (Å²) >= 11 is -16.0. The third-order valence-electron chi connectivity index (χ3n) is 28.1. The van der Waals surface area contributed by atoms with Crippen LogP contribution >= 0.6 is 0 Å². The molecule has 0 bridgehead atoms. The fourth-order valence-corrected chi connectivity index (χ4v) is 145. The molecule has 12 fully saturated rings. The van der Waals surface area contributed by atoms with E-state index in [-0.39, 0.29) is 0 Å². The molecule has 12 rings (SSSR count). The Morgan fingerprint density at radius 3 is 0.309 bits per heavy atom. The van der Waals surface area contributed by atoms with E-state index in [1.807, 2.05) is 0 Å². The van der Waals surface area contributed by atoms with Gasteiger partial charge in [0, 0.05) is 0 Å². The van der Waals surface area contributed by atoms with Crippen LogP contribution in [0.25, 0.3) is 0 Å². The Morgan fingerprint density at radius 1 is 0.136 bits per heavy atom. The van der Waals surface area contributed by atoms with E-state index in [9.17, 15) is 11.1 Å². The Morgan fingerprint density at radius 2 is 0.222 bits per heavy atom. The van der Waals surface area contributed by atoms with Gasteiger partial charge >= 0.3 is 528 Å². The van der Waals surface area contributed by atoms with Crippen molar-refractivity contribution in [3.05, 3.63) is 0 Å². The molecule has 464 valence electrons. The molecule has 0 unspecified atom stereocenters. The van der Waals surface area contributed by atoms with E-state index in [1.54, 1.807) is 0 Å². The predicted octanol–water partition coefficient (Wildman–Crippen LogP) is 25.3. The van der Waals surface area contributed by atoms with Gasteiger partial charge in [0.05, 0.1) is 0 Å². The van der Waals surface area contributed by atoms with E-state index in [0.717, 1.165) is 47.2 Å². The second kappa shape index (κ2) is 31.7. The Balaban J connectivity index is 1.20. The first kappa shape index (κ1) is 64.4. The van der Waals surface area contributed by atoms with Crippen LogP contribution in [0.1, 0.15) is 385 Å². The van der Waals surface area contributed by atoms with Crippen molar-refractivity contribution in [1.29, 1.82) is 0 Å². The molecule has 0 aromatic heterocycles. The van der Waals surface area contributed by atoms with E-state index in [4.69, 9.17) is 0 Å². The van der Waals surface area contributed by atoms with Gasteiger partial charge in [0.1, 0.15) is 0 Å². The predicted molar refractivity (Wildman–Crippen MR) is 355 cm³/mol. The van der Waals surface area contributed by atoms with Gasteiger partial charge in [0.25, 0.3) is 0 Å². The van der Waals surface area contributed by atoms with Crippen molar-refractivity contribution >= 4 is 84.2 Å². The molecular weight excluding hydrogens is 1430 g/mol. The number of rotatable bonds is 20. The van der Waals surface area contributed by atoms with Crippen LogP contribution in [-0.4, -0.2) is 84.2 Å². The monoisotopic (exact) mass is 1570 g/mol. The van der Waals surface area contributed by atoms with Gasteiger partial charge in [-0.25, -0.2) is 0 Å². The van der Waals surface area contributed by atoms with Crippen molar-refractivity contribution in [2.45, 2.75) is 432 Å². The maximum atomic E-state index is 10.5. The molecular formula is C72H132O4SiSn4. The second-order valence-corrected chi connectivity index (χ2v) is 88.6. The van der Waals surface area contributed by atoms with Crippen molar-refractivity contribution in [3.63, 3.8) is 0 Å². The van der Waals surface area contributed by atoms with Crippen LogP contribution in [-0.2, 0) is 11.1 Å². The summed E-state index contributed by atoms with van der Waals surface area (Å²) in [6.45, 7) is 0. The van der Waals surface area contributed by atoms with Crippen LogP contribution in [0.3, 0.4) is 0 Å². The summed E-state index contributed by atoms with van der Waals surface area (Å²) in [5.41, 5.74) is 0. The van der Waals surface area contributed by atoms with E-state index in [1.165, 1.54) is 385 Å². The van der Waals surface area contributed by atoms with Gasteiger partial charge in [0.15, 0.2) is 0 Å². The first-order chi connectivity index (χ1) is 40.1. The average Bonchev–Trinajstić information content (AvgIpc) is 3.74. The first-order valence-electron chi connectivity index (χ1n) is 38.9. The topological polar surface area (TPSA) is 36.9 Å². The van der Waals surface area contributed by atoms with Gasteiger partial charge in [-0.3, -0.25) is 0 Å². The molecule has 0 heterocycles. The molecule has 12 aliphatic carbocycles. The fraction of sp³-hybridized carbons (Fsp3) is 1.00. The van der Waals surface area contributed by atoms with Crippen molar-refractivity contribution < 1.29 is 11.1 Å². The zero-order valence-electron chi connectivity index (χ0n) is 53.5. The minimum atomic E-state index is -3.99. The molecule has 0 amide bonds. The normalized spacial score (nSPS) is 29.3. The van der Waals surface area contributed by atoms with Gasteiger partial charge in [-0.1, -0.05) is 0 Å². The molecule has 4 nitrogen and oxygen atoms in total. The molecule has 81 heavy (non-hydrogen) atoms. The molecule has 0 spiro atoms. The van der Waals surface area contributed by atoms with Crippen LogP contribution in [0.5, 0.6) is 0 Å². The summed E-state index contributed by atoms with van der Waals surface area (Å²) in [5, 5.41) is 0. The van der Waals surface area contributed by atoms with E-state index < -0.39 is 84.2 Å². The Kier molecular flexibility index (Phi) is 25.2. The van der Waals surface area contributed by atoms with Crippen molar-refractivity contribution in [2.24, 2.45) is 0 Å². The van der Waals surface area contributed by atoms with Crippen LogP contribution in [0.2, 0.25) is 47.2 Å². The van der Waals surface area contributed by atoms with Crippen LogP contribution in [0.4, 0.5) is 0 Å². The van der Waals surface area contributed by atoms with Gasteiger partial charge in [-0.2, -0.15) is 0 Å². The number of hydrogen-bond donors (Lipinski definition) is 0. The Hall–Kier alpha value is 3.25. The summed E-state index contributed by atoms with van der Waals surface area (Å²) in [7, 11) is -3.97. The molecule has 0 aromatic rings. The van der Waals surface area contributed by atoms with Crippen molar-refractivity contribution in [3.8, 4) is 0 Å². The molecule has 9 heteroatoms. The van der Waals surface area contributed by atoms with Crippen LogP contribution < -0.4 is 0 Å². The molecule has 0 aromatic carbocycles. The third kappa shape index (κ3) is 14.4. The maximum absolute atomic E-state index is 10.5. The van der Waals surface area contributed by atoms with Crippen molar-refractivity contribution in [2.75, 3.05) is 0 Å². The Bertz CT molecular complexity index is 1350. The summed E-state index contributed by atoms with van der Waals surface area (Å²) in [4.78, 5) is 0. The van der Waals surface area contributed by atoms with Crippen LogP contribution in [0, 0.1) is 0 Å². The summed E-state index contributed by atoms with van der Waals surface area (Å²) in [6, 6.07) is 0. The SMILES string of the molecule is C1CC[CH]([Sn]([O][Si]([O][Sn]([CH]2CCCCC2)([CH]2CCCCC2)[CH]2CCCCC2)([O][Sn]([CH]2CCCCC2)([CH]2CCCCC2)[CH]2CCCCC2)[O][Sn]([CH]2CCCCC2)([CH]2CCCCC2)[CH]2CCCCC2)([CH]2CCCCC2)[CH]2CCCCC2)CC1. The van der Waals surface area contributed by atoms with Gasteiger partial charge in [-0.15, -0.1) is 0 Å². The van der Waals surface area contributed by atoms with Gasteiger partial charge in [-0.05, 0) is 0 Å². The van der Waals surface area contributed by atoms with Gasteiger partial charge in [0.2, 0.25) is 0 Å². The minimum absolute atomic E-state index is 0.873. The molecule has 0 radical (unpaired) electrons. The van der Waals surface area contributed by atoms with E-state index in [2.05, 4.69) is 0 Å². The first-order valence-corrected chi connectivity index (χ1v) is 65.0. The van der Waals surface area contributed by atoms with E-state index in [0.29, 0.717) is 0 Å². The zero-order valence-corrected chi connectivity index (χ0v) is 65.9. The van der Waals surface area contributed by atoms with Crippen LogP contribution in [0.15, 0.2) is 0 Å². The summed E-state index contributed by atoms with van der Waals surface area (Å²) < 4.78 is 52.3. The quantitative estimate of drug-likeness (QED) is 0.114. The fourth-order valence-electron chi connectivity index (χ4n) is 24.6. The van der Waals surface area contributed by atoms with E-state index >= 15 is 0 Å². The summed E-state index contributed by atoms with van der Waals surface area (Å²) in [6.07, 6.45) is 89.9.